The van der Waals surface area contributed by atoms with E-state index in [-0.39, 0.29) is 24.1 Å². The van der Waals surface area contributed by atoms with Gasteiger partial charge in [-0.2, -0.15) is 5.26 Å². The van der Waals surface area contributed by atoms with Gasteiger partial charge in [0.25, 0.3) is 5.91 Å². The lowest BCUT2D eigenvalue weighted by atomic mass is 10.0. The molecule has 1 aromatic carbocycles. The number of ether oxygens (including phenoxy) is 1. The minimum absolute atomic E-state index is 0.0941. The Bertz CT molecular complexity index is 695. The Kier molecular flexibility index (Phi) is 6.35. The van der Waals surface area contributed by atoms with Crippen molar-refractivity contribution in [3.8, 4) is 6.07 Å². The monoisotopic (exact) mass is 340 g/mol. The molecule has 5 nitrogen and oxygen atoms in total. The van der Waals surface area contributed by atoms with Gasteiger partial charge in [0.1, 0.15) is 11.6 Å². The number of benzene rings is 1. The molecule has 2 rings (SSSR count). The van der Waals surface area contributed by atoms with Crippen LogP contribution in [-0.2, 0) is 14.3 Å². The summed E-state index contributed by atoms with van der Waals surface area (Å²) in [4.78, 5) is 23.8. The van der Waals surface area contributed by atoms with Gasteiger partial charge in [-0.3, -0.25) is 4.79 Å². The number of rotatable bonds is 7. The molecule has 0 radical (unpaired) electrons. The Morgan fingerprint density at radius 2 is 1.92 bits per heavy atom. The van der Waals surface area contributed by atoms with Crippen molar-refractivity contribution < 1.29 is 14.3 Å². The summed E-state index contributed by atoms with van der Waals surface area (Å²) in [5.41, 5.74) is 1.80. The Labute approximate surface area is 148 Å². The second-order valence-corrected chi connectivity index (χ2v) is 6.76. The number of hydrogen-bond donors (Lipinski definition) is 1. The molecule has 0 bridgehead atoms. The SMILES string of the molecule is CC(C)c1ccc(/C=C(\C#N)C(=O)OCC(=O)N[C@@H](C)C2CC2)cc1. The highest BCUT2D eigenvalue weighted by Crippen LogP contribution is 2.32. The van der Waals surface area contributed by atoms with Crippen LogP contribution >= 0.6 is 0 Å². The van der Waals surface area contributed by atoms with Gasteiger partial charge in [0.2, 0.25) is 0 Å². The van der Waals surface area contributed by atoms with Gasteiger partial charge in [0, 0.05) is 6.04 Å². The third-order valence-corrected chi connectivity index (χ3v) is 4.31. The maximum Gasteiger partial charge on any atom is 0.349 e. The topological polar surface area (TPSA) is 79.2 Å². The van der Waals surface area contributed by atoms with Gasteiger partial charge in [-0.15, -0.1) is 0 Å². The number of esters is 1. The van der Waals surface area contributed by atoms with E-state index in [2.05, 4.69) is 19.2 Å². The van der Waals surface area contributed by atoms with E-state index in [0.29, 0.717) is 11.8 Å². The Morgan fingerprint density at radius 3 is 2.44 bits per heavy atom. The van der Waals surface area contributed by atoms with Crippen LogP contribution in [0, 0.1) is 17.2 Å². The molecule has 1 atom stereocenters. The first-order valence-corrected chi connectivity index (χ1v) is 8.59. The molecule has 0 saturated heterocycles. The normalized spacial score (nSPS) is 15.4. The van der Waals surface area contributed by atoms with E-state index in [4.69, 9.17) is 4.74 Å². The highest BCUT2D eigenvalue weighted by molar-refractivity contribution is 5.98. The Balaban J connectivity index is 1.91. The van der Waals surface area contributed by atoms with Crippen molar-refractivity contribution in [2.45, 2.75) is 45.6 Å². The molecule has 1 aliphatic carbocycles. The lowest BCUT2D eigenvalue weighted by Gasteiger charge is -2.12. The molecule has 0 heterocycles. The summed E-state index contributed by atoms with van der Waals surface area (Å²) < 4.78 is 4.95. The summed E-state index contributed by atoms with van der Waals surface area (Å²) in [6.07, 6.45) is 3.72. The van der Waals surface area contributed by atoms with Crippen molar-refractivity contribution >= 4 is 18.0 Å². The van der Waals surface area contributed by atoms with Crippen molar-refractivity contribution in [2.24, 2.45) is 5.92 Å². The zero-order valence-corrected chi connectivity index (χ0v) is 14.9. The molecule has 1 aliphatic rings. The Hall–Kier alpha value is -2.61. The van der Waals surface area contributed by atoms with Crippen molar-refractivity contribution in [2.75, 3.05) is 6.61 Å². The van der Waals surface area contributed by atoms with Gasteiger partial charge >= 0.3 is 5.97 Å². The fourth-order valence-corrected chi connectivity index (χ4v) is 2.50. The molecular formula is C20H24N2O3. The van der Waals surface area contributed by atoms with E-state index in [9.17, 15) is 14.9 Å². The van der Waals surface area contributed by atoms with Crippen LogP contribution in [0.4, 0.5) is 0 Å². The molecule has 0 aromatic heterocycles. The molecule has 132 valence electrons. The van der Waals surface area contributed by atoms with E-state index < -0.39 is 5.97 Å². The van der Waals surface area contributed by atoms with Crippen LogP contribution in [0.3, 0.4) is 0 Å². The molecule has 1 amide bonds. The molecule has 1 saturated carbocycles. The van der Waals surface area contributed by atoms with Gasteiger partial charge < -0.3 is 10.1 Å². The number of carbonyl (C=O) groups is 2. The minimum Gasteiger partial charge on any atom is -0.451 e. The second kappa shape index (κ2) is 8.48. The Morgan fingerprint density at radius 1 is 1.28 bits per heavy atom. The van der Waals surface area contributed by atoms with Gasteiger partial charge in [-0.25, -0.2) is 4.79 Å². The van der Waals surface area contributed by atoms with Crippen molar-refractivity contribution in [1.82, 2.24) is 5.32 Å². The van der Waals surface area contributed by atoms with Crippen LogP contribution in [0.15, 0.2) is 29.8 Å². The van der Waals surface area contributed by atoms with Crippen LogP contribution in [0.1, 0.15) is 50.7 Å². The number of amides is 1. The fourth-order valence-electron chi connectivity index (χ4n) is 2.50. The summed E-state index contributed by atoms with van der Waals surface area (Å²) in [5, 5.41) is 12.0. The summed E-state index contributed by atoms with van der Waals surface area (Å²) >= 11 is 0. The third-order valence-electron chi connectivity index (χ3n) is 4.31. The van der Waals surface area contributed by atoms with E-state index >= 15 is 0 Å². The smallest absolute Gasteiger partial charge is 0.349 e. The minimum atomic E-state index is -0.787. The molecule has 1 aromatic rings. The molecule has 0 unspecified atom stereocenters. The predicted octanol–water partition coefficient (Wildman–Crippen LogP) is 3.17. The first-order valence-electron chi connectivity index (χ1n) is 8.59. The molecule has 1 fully saturated rings. The van der Waals surface area contributed by atoms with Crippen molar-refractivity contribution in [3.05, 3.63) is 41.0 Å². The summed E-state index contributed by atoms with van der Waals surface area (Å²) in [6, 6.07) is 9.56. The quantitative estimate of drug-likeness (QED) is 0.470. The second-order valence-electron chi connectivity index (χ2n) is 6.76. The largest absolute Gasteiger partial charge is 0.451 e. The highest BCUT2D eigenvalue weighted by Gasteiger charge is 2.29. The van der Waals surface area contributed by atoms with E-state index in [1.54, 1.807) is 0 Å². The van der Waals surface area contributed by atoms with Crippen LogP contribution in [0.5, 0.6) is 0 Å². The summed E-state index contributed by atoms with van der Waals surface area (Å²) in [5.74, 6) is -0.186. The van der Waals surface area contributed by atoms with Crippen molar-refractivity contribution in [3.63, 3.8) is 0 Å². The number of nitrogens with zero attached hydrogens (tertiary/aromatic N) is 1. The van der Waals surface area contributed by atoms with Crippen LogP contribution in [0.2, 0.25) is 0 Å². The molecule has 1 N–H and O–H groups in total. The number of hydrogen-bond acceptors (Lipinski definition) is 4. The van der Waals surface area contributed by atoms with Gasteiger partial charge in [-0.05, 0) is 48.8 Å². The summed E-state index contributed by atoms with van der Waals surface area (Å²) in [7, 11) is 0. The van der Waals surface area contributed by atoms with Gasteiger partial charge in [0.05, 0.1) is 0 Å². The fraction of sp³-hybridized carbons (Fsp3) is 0.450. The number of nitriles is 1. The third kappa shape index (κ3) is 5.75. The first kappa shape index (κ1) is 18.7. The lowest BCUT2D eigenvalue weighted by Crippen LogP contribution is -2.37. The average molecular weight is 340 g/mol. The number of carbonyl (C=O) groups excluding carboxylic acids is 2. The zero-order valence-electron chi connectivity index (χ0n) is 14.9. The molecule has 0 aliphatic heterocycles. The van der Waals surface area contributed by atoms with E-state index in [1.807, 2.05) is 37.3 Å². The number of nitrogens with one attached hydrogen (secondary N) is 1. The molecule has 0 spiro atoms. The van der Waals surface area contributed by atoms with E-state index in [0.717, 1.165) is 18.4 Å². The van der Waals surface area contributed by atoms with Crippen LogP contribution < -0.4 is 5.32 Å². The highest BCUT2D eigenvalue weighted by atomic mass is 16.5. The van der Waals surface area contributed by atoms with Crippen LogP contribution in [-0.4, -0.2) is 24.5 Å². The maximum atomic E-state index is 12.0. The average Bonchev–Trinajstić information content (AvgIpc) is 3.43. The lowest BCUT2D eigenvalue weighted by molar-refractivity contribution is -0.144. The van der Waals surface area contributed by atoms with Crippen molar-refractivity contribution in [1.29, 1.82) is 5.26 Å². The molecular weight excluding hydrogens is 316 g/mol. The van der Waals surface area contributed by atoms with E-state index in [1.165, 1.54) is 11.6 Å². The molecule has 25 heavy (non-hydrogen) atoms. The maximum absolute atomic E-state index is 12.0. The summed E-state index contributed by atoms with van der Waals surface area (Å²) in [6.45, 7) is 5.76. The van der Waals surface area contributed by atoms with Crippen LogP contribution in [0.25, 0.3) is 6.08 Å². The van der Waals surface area contributed by atoms with Gasteiger partial charge in [-0.1, -0.05) is 38.1 Å². The first-order chi connectivity index (χ1) is 11.9. The predicted molar refractivity (Wildman–Crippen MR) is 95.4 cm³/mol. The molecule has 5 heteroatoms. The van der Waals surface area contributed by atoms with Gasteiger partial charge in [0.15, 0.2) is 6.61 Å². The zero-order chi connectivity index (χ0) is 18.4. The standard InChI is InChI=1S/C20H24N2O3/c1-13(2)16-6-4-15(5-7-16)10-18(11-21)20(24)25-12-19(23)22-14(3)17-8-9-17/h4-7,10,13-14,17H,8-9,12H2,1-3H3,(H,22,23)/b18-10+/t14-/m0/s1.